The zero-order valence-electron chi connectivity index (χ0n) is 14.0. The lowest BCUT2D eigenvalue weighted by Crippen LogP contribution is -2.32. The van der Waals surface area contributed by atoms with E-state index in [9.17, 15) is 4.79 Å². The Balaban J connectivity index is 2.36. The number of Topliss-reactive ketones (excluding diaryl/α,β-unsaturated/α-hetero) is 1. The lowest BCUT2D eigenvalue weighted by atomic mass is 9.65. The topological polar surface area (TPSA) is 17.1 Å². The third-order valence-electron chi connectivity index (χ3n) is 4.81. The number of fused-ring (bicyclic) bond motifs is 2. The maximum absolute atomic E-state index is 12.9. The third kappa shape index (κ3) is 2.63. The number of carbonyl (C=O) groups is 1. The second kappa shape index (κ2) is 4.83. The van der Waals surface area contributed by atoms with Crippen LogP contribution >= 0.6 is 0 Å². The highest BCUT2D eigenvalue weighted by Gasteiger charge is 2.48. The Kier molecular flexibility index (Phi) is 3.75. The first-order valence-corrected chi connectivity index (χ1v) is 11.2. The van der Waals surface area contributed by atoms with Crippen LogP contribution in [-0.2, 0) is 4.79 Å². The van der Waals surface area contributed by atoms with Crippen molar-refractivity contribution in [3.05, 3.63) is 34.6 Å². The largest absolute Gasteiger partial charge is 0.289 e. The van der Waals surface area contributed by atoms with E-state index in [1.165, 1.54) is 5.57 Å². The number of carbonyl (C=O) groups excluding carboxylic acids is 1. The van der Waals surface area contributed by atoms with Crippen LogP contribution in [0.25, 0.3) is 0 Å². The minimum absolute atomic E-state index is 0.198. The molecule has 2 bridgehead atoms. The van der Waals surface area contributed by atoms with Crippen molar-refractivity contribution in [2.24, 2.45) is 17.3 Å². The summed E-state index contributed by atoms with van der Waals surface area (Å²) in [6.07, 6.45) is 5.68. The van der Waals surface area contributed by atoms with Gasteiger partial charge in [0.25, 0.3) is 0 Å². The van der Waals surface area contributed by atoms with Crippen LogP contribution in [-0.4, -0.2) is 13.9 Å². The summed E-state index contributed by atoms with van der Waals surface area (Å²) in [6.45, 7) is 15.6. The van der Waals surface area contributed by atoms with Gasteiger partial charge in [0, 0.05) is 11.5 Å². The normalized spacial score (nSPS) is 29.1. The van der Waals surface area contributed by atoms with E-state index in [2.05, 4.69) is 58.3 Å². The van der Waals surface area contributed by atoms with Crippen LogP contribution in [0, 0.1) is 17.3 Å². The molecule has 1 nitrogen and oxygen atoms in total. The second-order valence-corrected chi connectivity index (χ2v) is 13.2. The summed E-state index contributed by atoms with van der Waals surface area (Å²) in [6, 6.07) is 0. The summed E-state index contributed by atoms with van der Waals surface area (Å²) in [7, 11) is -1.35. The molecule has 0 heterocycles. The second-order valence-electron chi connectivity index (χ2n) is 8.19. The minimum atomic E-state index is -1.35. The molecular formula is C18H28OSi. The Labute approximate surface area is 124 Å². The highest BCUT2D eigenvalue weighted by Crippen LogP contribution is 2.54. The maximum Gasteiger partial charge on any atom is 0.184 e. The Bertz CT molecular complexity index is 526. The van der Waals surface area contributed by atoms with Gasteiger partial charge in [-0.05, 0) is 37.2 Å². The summed E-state index contributed by atoms with van der Waals surface area (Å²) in [5, 5.41) is 0. The molecule has 2 rings (SSSR count). The SMILES string of the molecule is CC1=CC[C@H]2C=C(C(=O)/C(C)=C/[Si](C)(C)C)[C@@H]1C2(C)C. The highest BCUT2D eigenvalue weighted by molar-refractivity contribution is 6.81. The van der Waals surface area contributed by atoms with E-state index in [0.717, 1.165) is 17.6 Å². The van der Waals surface area contributed by atoms with Gasteiger partial charge in [-0.15, -0.1) is 0 Å². The maximum atomic E-state index is 12.9. The standard InChI is InChI=1S/C18H28OSi/c1-12-8-9-14-10-15(16(12)18(14,3)4)17(19)13(2)11-20(5,6)7/h8,10-11,14,16H,9H2,1-7H3/b13-11+/t14-,16+/m0/s1. The fourth-order valence-electron chi connectivity index (χ4n) is 3.93. The Morgan fingerprint density at radius 2 is 1.95 bits per heavy atom. The minimum Gasteiger partial charge on any atom is -0.289 e. The molecular weight excluding hydrogens is 260 g/mol. The van der Waals surface area contributed by atoms with Crippen LogP contribution in [0.3, 0.4) is 0 Å². The fourth-order valence-corrected chi connectivity index (χ4v) is 5.36. The molecule has 0 fully saturated rings. The van der Waals surface area contributed by atoms with Crippen molar-refractivity contribution in [1.29, 1.82) is 0 Å². The number of ketones is 1. The fraction of sp³-hybridized carbons (Fsp3) is 0.611. The van der Waals surface area contributed by atoms with E-state index in [1.807, 2.05) is 6.92 Å². The van der Waals surface area contributed by atoms with E-state index in [0.29, 0.717) is 11.8 Å². The summed E-state index contributed by atoms with van der Waals surface area (Å²) >= 11 is 0. The van der Waals surface area contributed by atoms with Crippen molar-refractivity contribution < 1.29 is 4.79 Å². The first-order valence-electron chi connectivity index (χ1n) is 7.66. The molecule has 0 saturated heterocycles. The van der Waals surface area contributed by atoms with Crippen LogP contribution in [0.2, 0.25) is 19.6 Å². The van der Waals surface area contributed by atoms with E-state index < -0.39 is 8.07 Å². The van der Waals surface area contributed by atoms with E-state index in [-0.39, 0.29) is 11.2 Å². The molecule has 2 atom stereocenters. The Morgan fingerprint density at radius 1 is 1.35 bits per heavy atom. The van der Waals surface area contributed by atoms with Crippen LogP contribution in [0.4, 0.5) is 0 Å². The molecule has 2 aliphatic carbocycles. The van der Waals surface area contributed by atoms with Crippen molar-refractivity contribution in [2.45, 2.75) is 53.8 Å². The number of allylic oxidation sites excluding steroid dienone is 5. The van der Waals surface area contributed by atoms with E-state index in [1.54, 1.807) is 0 Å². The van der Waals surface area contributed by atoms with Crippen LogP contribution < -0.4 is 0 Å². The van der Waals surface area contributed by atoms with Crippen molar-refractivity contribution in [2.75, 3.05) is 0 Å². The first-order chi connectivity index (χ1) is 9.04. The van der Waals surface area contributed by atoms with E-state index in [4.69, 9.17) is 0 Å². The predicted molar refractivity (Wildman–Crippen MR) is 89.3 cm³/mol. The number of hydrogen-bond donors (Lipinski definition) is 0. The highest BCUT2D eigenvalue weighted by atomic mass is 28.3. The van der Waals surface area contributed by atoms with Crippen molar-refractivity contribution in [1.82, 2.24) is 0 Å². The molecule has 2 aliphatic rings. The molecule has 0 aromatic heterocycles. The Morgan fingerprint density at radius 3 is 2.50 bits per heavy atom. The lowest BCUT2D eigenvalue weighted by molar-refractivity contribution is -0.112. The van der Waals surface area contributed by atoms with Gasteiger partial charge in [0.1, 0.15) is 0 Å². The smallest absolute Gasteiger partial charge is 0.184 e. The quantitative estimate of drug-likeness (QED) is 0.409. The van der Waals surface area contributed by atoms with Crippen molar-refractivity contribution in [3.8, 4) is 0 Å². The average Bonchev–Trinajstić information content (AvgIpc) is 2.42. The van der Waals surface area contributed by atoms with Gasteiger partial charge in [0.15, 0.2) is 5.78 Å². The lowest BCUT2D eigenvalue weighted by Gasteiger charge is -2.38. The summed E-state index contributed by atoms with van der Waals surface area (Å²) < 4.78 is 0. The monoisotopic (exact) mass is 288 g/mol. The van der Waals surface area contributed by atoms with Crippen LogP contribution in [0.5, 0.6) is 0 Å². The summed E-state index contributed by atoms with van der Waals surface area (Å²) in [5.74, 6) is 1.12. The third-order valence-corrected chi connectivity index (χ3v) is 6.11. The summed E-state index contributed by atoms with van der Waals surface area (Å²) in [4.78, 5) is 12.9. The van der Waals surface area contributed by atoms with Gasteiger partial charge in [-0.25, -0.2) is 0 Å². The molecule has 0 aromatic carbocycles. The summed E-state index contributed by atoms with van der Waals surface area (Å²) in [5.41, 5.74) is 5.82. The zero-order valence-corrected chi connectivity index (χ0v) is 15.0. The molecule has 0 radical (unpaired) electrons. The zero-order chi connectivity index (χ0) is 15.3. The Hall–Kier alpha value is -0.893. The van der Waals surface area contributed by atoms with E-state index >= 15 is 0 Å². The first kappa shape index (κ1) is 15.5. The van der Waals surface area contributed by atoms with Crippen molar-refractivity contribution in [3.63, 3.8) is 0 Å². The molecule has 0 amide bonds. The van der Waals surface area contributed by atoms with Crippen LogP contribution in [0.1, 0.15) is 34.1 Å². The van der Waals surface area contributed by atoms with Gasteiger partial charge in [0.05, 0.1) is 8.07 Å². The van der Waals surface area contributed by atoms with Gasteiger partial charge in [0.2, 0.25) is 0 Å². The molecule has 0 N–H and O–H groups in total. The van der Waals surface area contributed by atoms with Gasteiger partial charge in [-0.1, -0.05) is 56.9 Å². The number of hydrogen-bond acceptors (Lipinski definition) is 1. The van der Waals surface area contributed by atoms with Gasteiger partial charge in [-0.3, -0.25) is 4.79 Å². The van der Waals surface area contributed by atoms with Gasteiger partial charge < -0.3 is 0 Å². The van der Waals surface area contributed by atoms with Gasteiger partial charge >= 0.3 is 0 Å². The molecule has 110 valence electrons. The molecule has 20 heavy (non-hydrogen) atoms. The average molecular weight is 289 g/mol. The molecule has 0 spiro atoms. The molecule has 0 saturated carbocycles. The predicted octanol–water partition coefficient (Wildman–Crippen LogP) is 4.93. The van der Waals surface area contributed by atoms with Crippen molar-refractivity contribution >= 4 is 13.9 Å². The molecule has 2 heteroatoms. The van der Waals surface area contributed by atoms with Crippen LogP contribution in [0.15, 0.2) is 34.6 Å². The van der Waals surface area contributed by atoms with Gasteiger partial charge in [-0.2, -0.15) is 0 Å². The molecule has 0 aliphatic heterocycles. The number of rotatable bonds is 3. The molecule has 0 aromatic rings. The molecule has 0 unspecified atom stereocenters.